The van der Waals surface area contributed by atoms with Gasteiger partial charge < -0.3 is 9.73 Å². The summed E-state index contributed by atoms with van der Waals surface area (Å²) in [6, 6.07) is 7.92. The maximum absolute atomic E-state index is 12.7. The van der Waals surface area contributed by atoms with Gasteiger partial charge in [-0.25, -0.2) is 4.39 Å². The highest BCUT2D eigenvalue weighted by Crippen LogP contribution is 2.06. The van der Waals surface area contributed by atoms with Crippen molar-refractivity contribution in [3.05, 3.63) is 59.3 Å². The van der Waals surface area contributed by atoms with Crippen molar-refractivity contribution in [2.75, 3.05) is 6.54 Å². The van der Waals surface area contributed by atoms with Crippen LogP contribution in [0.25, 0.3) is 0 Å². The molecular weight excluding hydrogens is 233 g/mol. The van der Waals surface area contributed by atoms with Crippen LogP contribution in [0.15, 0.2) is 41.0 Å². The molecule has 0 radical (unpaired) electrons. The summed E-state index contributed by atoms with van der Waals surface area (Å²) in [4.78, 5) is 11.6. The van der Waals surface area contributed by atoms with Crippen LogP contribution < -0.4 is 5.32 Å². The van der Waals surface area contributed by atoms with E-state index in [4.69, 9.17) is 4.42 Å². The van der Waals surface area contributed by atoms with Gasteiger partial charge in [0.25, 0.3) is 5.91 Å². The molecule has 4 heteroatoms. The van der Waals surface area contributed by atoms with Gasteiger partial charge >= 0.3 is 0 Å². The molecule has 1 aromatic carbocycles. The average Bonchev–Trinajstić information content (AvgIpc) is 2.78. The smallest absolute Gasteiger partial charge is 0.286 e. The van der Waals surface area contributed by atoms with Gasteiger partial charge in [0.15, 0.2) is 5.76 Å². The lowest BCUT2D eigenvalue weighted by atomic mass is 10.1. The van der Waals surface area contributed by atoms with Crippen LogP contribution in [0.2, 0.25) is 0 Å². The number of nitrogens with one attached hydrogen (secondary N) is 1. The third kappa shape index (κ3) is 3.20. The molecule has 2 aromatic rings. The molecule has 1 amide bonds. The monoisotopic (exact) mass is 247 g/mol. The second-order valence-electron chi connectivity index (χ2n) is 4.12. The van der Waals surface area contributed by atoms with Crippen LogP contribution in [0.5, 0.6) is 0 Å². The Morgan fingerprint density at radius 2 is 2.06 bits per heavy atom. The predicted molar refractivity (Wildman–Crippen MR) is 65.9 cm³/mol. The summed E-state index contributed by atoms with van der Waals surface area (Å²) in [7, 11) is 0. The zero-order valence-corrected chi connectivity index (χ0v) is 10.1. The molecule has 0 saturated heterocycles. The van der Waals surface area contributed by atoms with E-state index in [0.29, 0.717) is 18.7 Å². The largest absolute Gasteiger partial charge is 0.459 e. The molecule has 1 aromatic heterocycles. The van der Waals surface area contributed by atoms with Crippen molar-refractivity contribution in [1.29, 1.82) is 0 Å². The zero-order valence-electron chi connectivity index (χ0n) is 10.1. The number of amides is 1. The third-order valence-electron chi connectivity index (χ3n) is 2.57. The van der Waals surface area contributed by atoms with E-state index in [0.717, 1.165) is 11.1 Å². The van der Waals surface area contributed by atoms with Crippen LogP contribution in [0.4, 0.5) is 4.39 Å². The van der Waals surface area contributed by atoms with Gasteiger partial charge in [-0.3, -0.25) is 4.79 Å². The van der Waals surface area contributed by atoms with E-state index in [9.17, 15) is 9.18 Å². The SMILES string of the molecule is Cc1coc(C(=O)NCCc2ccc(F)cc2)c1. The second-order valence-corrected chi connectivity index (χ2v) is 4.12. The molecule has 0 unspecified atom stereocenters. The average molecular weight is 247 g/mol. The normalized spacial score (nSPS) is 10.3. The Balaban J connectivity index is 1.82. The van der Waals surface area contributed by atoms with E-state index in [1.807, 2.05) is 6.92 Å². The van der Waals surface area contributed by atoms with Crippen molar-refractivity contribution in [3.8, 4) is 0 Å². The van der Waals surface area contributed by atoms with Crippen molar-refractivity contribution >= 4 is 5.91 Å². The van der Waals surface area contributed by atoms with Crippen molar-refractivity contribution in [2.45, 2.75) is 13.3 Å². The highest BCUT2D eigenvalue weighted by atomic mass is 19.1. The lowest BCUT2D eigenvalue weighted by Gasteiger charge is -2.03. The highest BCUT2D eigenvalue weighted by Gasteiger charge is 2.08. The number of halogens is 1. The zero-order chi connectivity index (χ0) is 13.0. The lowest BCUT2D eigenvalue weighted by molar-refractivity contribution is 0.0926. The van der Waals surface area contributed by atoms with Gasteiger partial charge in [0.1, 0.15) is 5.82 Å². The van der Waals surface area contributed by atoms with Gasteiger partial charge in [0.2, 0.25) is 0 Å². The van der Waals surface area contributed by atoms with Gasteiger partial charge in [-0.1, -0.05) is 12.1 Å². The first kappa shape index (κ1) is 12.4. The van der Waals surface area contributed by atoms with E-state index in [1.54, 1.807) is 18.2 Å². The minimum atomic E-state index is -0.256. The fourth-order valence-corrected chi connectivity index (χ4v) is 1.61. The molecule has 94 valence electrons. The Morgan fingerprint density at radius 1 is 1.33 bits per heavy atom. The van der Waals surface area contributed by atoms with Crippen molar-refractivity contribution in [1.82, 2.24) is 5.32 Å². The van der Waals surface area contributed by atoms with E-state index < -0.39 is 0 Å². The van der Waals surface area contributed by atoms with Crippen LogP contribution in [0.3, 0.4) is 0 Å². The number of hydrogen-bond acceptors (Lipinski definition) is 2. The molecule has 1 heterocycles. The summed E-state index contributed by atoms with van der Waals surface area (Å²) in [6.07, 6.45) is 2.20. The van der Waals surface area contributed by atoms with Gasteiger partial charge in [-0.2, -0.15) is 0 Å². The summed E-state index contributed by atoms with van der Waals surface area (Å²) in [6.45, 7) is 2.35. The number of rotatable bonds is 4. The Kier molecular flexibility index (Phi) is 3.77. The first-order valence-corrected chi connectivity index (χ1v) is 5.73. The summed E-state index contributed by atoms with van der Waals surface area (Å²) < 4.78 is 17.8. The van der Waals surface area contributed by atoms with Gasteiger partial charge in [0, 0.05) is 6.54 Å². The molecule has 3 nitrogen and oxygen atoms in total. The number of aryl methyl sites for hydroxylation is 1. The van der Waals surface area contributed by atoms with Crippen LogP contribution >= 0.6 is 0 Å². The van der Waals surface area contributed by atoms with Gasteiger partial charge in [0.05, 0.1) is 6.26 Å². The Hall–Kier alpha value is -2.10. The van der Waals surface area contributed by atoms with E-state index in [-0.39, 0.29) is 11.7 Å². The minimum absolute atomic E-state index is 0.231. The molecule has 0 atom stereocenters. The number of furan rings is 1. The molecule has 18 heavy (non-hydrogen) atoms. The van der Waals surface area contributed by atoms with Crippen LogP contribution in [0, 0.1) is 12.7 Å². The van der Waals surface area contributed by atoms with E-state index >= 15 is 0 Å². The molecule has 1 N–H and O–H groups in total. The van der Waals surface area contributed by atoms with Crippen LogP contribution in [-0.4, -0.2) is 12.5 Å². The standard InChI is InChI=1S/C14H14FNO2/c1-10-8-13(18-9-10)14(17)16-7-6-11-2-4-12(15)5-3-11/h2-5,8-9H,6-7H2,1H3,(H,16,17). The molecule has 0 spiro atoms. The Bertz CT molecular complexity index is 531. The molecule has 0 aliphatic rings. The maximum atomic E-state index is 12.7. The first-order valence-electron chi connectivity index (χ1n) is 5.73. The lowest BCUT2D eigenvalue weighted by Crippen LogP contribution is -2.25. The molecule has 0 aliphatic carbocycles. The fourth-order valence-electron chi connectivity index (χ4n) is 1.61. The molecule has 0 saturated carbocycles. The van der Waals surface area contributed by atoms with Gasteiger partial charge in [-0.05, 0) is 42.7 Å². The number of hydrogen-bond donors (Lipinski definition) is 1. The third-order valence-corrected chi connectivity index (χ3v) is 2.57. The fraction of sp³-hybridized carbons (Fsp3) is 0.214. The molecule has 0 aliphatic heterocycles. The van der Waals surface area contributed by atoms with E-state index in [1.165, 1.54) is 18.4 Å². The highest BCUT2D eigenvalue weighted by molar-refractivity contribution is 5.91. The summed E-state index contributed by atoms with van der Waals surface area (Å²) >= 11 is 0. The molecule has 2 rings (SSSR count). The number of carbonyl (C=O) groups excluding carboxylic acids is 1. The predicted octanol–water partition coefficient (Wildman–Crippen LogP) is 2.70. The topological polar surface area (TPSA) is 42.2 Å². The molecule has 0 bridgehead atoms. The summed E-state index contributed by atoms with van der Waals surface area (Å²) in [5.74, 6) is -0.175. The number of carbonyl (C=O) groups is 1. The number of benzene rings is 1. The maximum Gasteiger partial charge on any atom is 0.286 e. The second kappa shape index (κ2) is 5.49. The summed E-state index contributed by atoms with van der Waals surface area (Å²) in [5.41, 5.74) is 1.89. The minimum Gasteiger partial charge on any atom is -0.459 e. The van der Waals surface area contributed by atoms with E-state index in [2.05, 4.69) is 5.32 Å². The van der Waals surface area contributed by atoms with Crippen LogP contribution in [0.1, 0.15) is 21.7 Å². The quantitative estimate of drug-likeness (QED) is 0.902. The van der Waals surface area contributed by atoms with Crippen molar-refractivity contribution in [2.24, 2.45) is 0 Å². The Morgan fingerprint density at radius 3 is 2.67 bits per heavy atom. The molecule has 0 fully saturated rings. The van der Waals surface area contributed by atoms with Crippen LogP contribution in [-0.2, 0) is 6.42 Å². The van der Waals surface area contributed by atoms with Crippen molar-refractivity contribution < 1.29 is 13.6 Å². The first-order chi connectivity index (χ1) is 8.65. The van der Waals surface area contributed by atoms with Gasteiger partial charge in [-0.15, -0.1) is 0 Å². The Labute approximate surface area is 105 Å². The van der Waals surface area contributed by atoms with Crippen molar-refractivity contribution in [3.63, 3.8) is 0 Å². The molecular formula is C14H14FNO2. The summed E-state index contributed by atoms with van der Waals surface area (Å²) in [5, 5.41) is 2.75.